The highest BCUT2D eigenvalue weighted by molar-refractivity contribution is 7.00. The van der Waals surface area contributed by atoms with E-state index < -0.39 is 16.1 Å². The van der Waals surface area contributed by atoms with Gasteiger partial charge in [0, 0.05) is 34.1 Å². The molecule has 2 nitrogen and oxygen atoms in total. The minimum Gasteiger partial charge on any atom is -0.312 e. The maximum atomic E-state index is 2.62. The van der Waals surface area contributed by atoms with Crippen LogP contribution in [0.5, 0.6) is 0 Å². The fourth-order valence-corrected chi connectivity index (χ4v) is 13.7. The molecule has 0 spiro atoms. The molecule has 2 aliphatic rings. The largest absolute Gasteiger partial charge is 0.312 e. The molecule has 0 atom stereocenters. The Kier molecular flexibility index (Phi) is 10.0. The van der Waals surface area contributed by atoms with Crippen molar-refractivity contribution in [1.82, 2.24) is 0 Å². The number of benzene rings is 9. The van der Waals surface area contributed by atoms with Crippen LogP contribution in [0, 0.1) is 0 Å². The molecular formula is C60H53BN2Si2. The second-order valence-corrected chi connectivity index (χ2v) is 29.8. The molecule has 0 unspecified atom stereocenters. The molecule has 9 aromatic carbocycles. The van der Waals surface area contributed by atoms with Crippen LogP contribution in [-0.4, -0.2) is 22.9 Å². The summed E-state index contributed by atoms with van der Waals surface area (Å²) < 4.78 is 0. The van der Waals surface area contributed by atoms with Crippen molar-refractivity contribution in [2.75, 3.05) is 9.80 Å². The number of hydrogen-bond acceptors (Lipinski definition) is 2. The summed E-state index contributed by atoms with van der Waals surface area (Å²) in [6.07, 6.45) is 0. The smallest absolute Gasteiger partial charge is 0.252 e. The van der Waals surface area contributed by atoms with Crippen LogP contribution >= 0.6 is 0 Å². The van der Waals surface area contributed by atoms with Crippen molar-refractivity contribution in [2.24, 2.45) is 0 Å². The number of hydrogen-bond donors (Lipinski definition) is 0. The number of fused-ring (bicyclic) bond motifs is 4. The van der Waals surface area contributed by atoms with Crippen LogP contribution in [0.25, 0.3) is 44.5 Å². The summed E-state index contributed by atoms with van der Waals surface area (Å²) >= 11 is 0. The van der Waals surface area contributed by atoms with Crippen LogP contribution in [0.2, 0.25) is 39.3 Å². The fourth-order valence-electron chi connectivity index (χ4n) is 10.6. The third-order valence-corrected chi connectivity index (χ3v) is 17.6. The standard InChI is InChI=1S/C60H53BN2Si2/c1-64(2,3)58-34-19-17-30-54(58)62-52-38-36-44(48-28-15-13-26-46(48)42-22-9-7-10-23-42)40-50(52)61-51-41-45(49-29-16-14-27-47(49)43-24-11-8-12-25-43)37-39-53(51)63(57-33-21-32-56(62)60(57)61)55-31-18-20-35-59(55)65(4,5)6/h7-41H,1-6H3. The van der Waals surface area contributed by atoms with Crippen molar-refractivity contribution in [3.05, 3.63) is 212 Å². The molecule has 314 valence electrons. The highest BCUT2D eigenvalue weighted by Crippen LogP contribution is 2.46. The molecule has 65 heavy (non-hydrogen) atoms. The van der Waals surface area contributed by atoms with Gasteiger partial charge in [0.1, 0.15) is 0 Å². The summed E-state index contributed by atoms with van der Waals surface area (Å²) in [7, 11) is -3.63. The molecule has 0 N–H and O–H groups in total. The zero-order chi connectivity index (χ0) is 44.5. The van der Waals surface area contributed by atoms with Crippen molar-refractivity contribution in [3.8, 4) is 44.5 Å². The van der Waals surface area contributed by atoms with Gasteiger partial charge in [-0.25, -0.2) is 0 Å². The summed E-state index contributed by atoms with van der Waals surface area (Å²) in [4.78, 5) is 5.24. The normalized spacial score (nSPS) is 13.0. The first-order valence-corrected chi connectivity index (χ1v) is 30.1. The lowest BCUT2D eigenvalue weighted by Gasteiger charge is -2.45. The van der Waals surface area contributed by atoms with Gasteiger partial charge >= 0.3 is 0 Å². The molecule has 0 radical (unpaired) electrons. The van der Waals surface area contributed by atoms with Crippen molar-refractivity contribution in [2.45, 2.75) is 39.3 Å². The third kappa shape index (κ3) is 7.02. The monoisotopic (exact) mass is 868 g/mol. The van der Waals surface area contributed by atoms with Crippen molar-refractivity contribution >= 4 is 83.7 Å². The van der Waals surface area contributed by atoms with Gasteiger partial charge in [0.15, 0.2) is 0 Å². The highest BCUT2D eigenvalue weighted by Gasteiger charge is 2.45. The van der Waals surface area contributed by atoms with Crippen molar-refractivity contribution < 1.29 is 0 Å². The molecular weight excluding hydrogens is 816 g/mol. The number of rotatable bonds is 8. The van der Waals surface area contributed by atoms with Gasteiger partial charge in [0.2, 0.25) is 0 Å². The Morgan fingerprint density at radius 1 is 0.292 bits per heavy atom. The molecule has 5 heteroatoms. The molecule has 2 heterocycles. The zero-order valence-corrected chi connectivity index (χ0v) is 40.2. The lowest BCUT2D eigenvalue weighted by Crippen LogP contribution is -2.62. The number of nitrogens with zero attached hydrogens (tertiary/aromatic N) is 2. The lowest BCUT2D eigenvalue weighted by molar-refractivity contribution is 1.26. The second-order valence-electron chi connectivity index (χ2n) is 19.7. The van der Waals surface area contributed by atoms with Gasteiger partial charge in [-0.15, -0.1) is 0 Å². The maximum absolute atomic E-state index is 2.62. The van der Waals surface area contributed by atoms with Gasteiger partial charge in [-0.2, -0.15) is 0 Å². The van der Waals surface area contributed by atoms with Crippen LogP contribution in [0.15, 0.2) is 212 Å². The van der Waals surface area contributed by atoms with E-state index in [2.05, 4.69) is 261 Å². The van der Waals surface area contributed by atoms with Gasteiger partial charge < -0.3 is 9.80 Å². The second kappa shape index (κ2) is 16.0. The summed E-state index contributed by atoms with van der Waals surface area (Å²) in [5.41, 5.74) is 21.4. The van der Waals surface area contributed by atoms with Crippen LogP contribution in [0.3, 0.4) is 0 Å². The SMILES string of the molecule is C[Si](C)(C)c1ccccc1N1c2ccc(-c3ccccc3-c3ccccc3)cc2B2c3cc(-c4ccccc4-c4ccccc4)ccc3N(c3ccccc3[Si](C)(C)C)c3cccc1c32. The van der Waals surface area contributed by atoms with E-state index in [1.807, 2.05) is 0 Å². The molecule has 0 saturated carbocycles. The Bertz CT molecular complexity index is 3040. The Labute approximate surface area is 387 Å². The summed E-state index contributed by atoms with van der Waals surface area (Å²) in [5.74, 6) is 0. The summed E-state index contributed by atoms with van der Waals surface area (Å²) in [5, 5.41) is 2.91. The Morgan fingerprint density at radius 3 is 1.03 bits per heavy atom. The minimum absolute atomic E-state index is 0.0375. The average molecular weight is 869 g/mol. The maximum Gasteiger partial charge on any atom is 0.252 e. The molecule has 11 rings (SSSR count). The van der Waals surface area contributed by atoms with E-state index in [4.69, 9.17) is 0 Å². The predicted molar refractivity (Wildman–Crippen MR) is 288 cm³/mol. The van der Waals surface area contributed by atoms with Crippen LogP contribution in [-0.2, 0) is 0 Å². The average Bonchev–Trinajstić information content (AvgIpc) is 3.33. The van der Waals surface area contributed by atoms with Crippen LogP contribution < -0.4 is 36.6 Å². The summed E-state index contributed by atoms with van der Waals surface area (Å²) in [6, 6.07) is 79.7. The topological polar surface area (TPSA) is 6.48 Å². The van der Waals surface area contributed by atoms with Crippen molar-refractivity contribution in [3.63, 3.8) is 0 Å². The Hall–Kier alpha value is -6.92. The van der Waals surface area contributed by atoms with E-state index in [0.29, 0.717) is 0 Å². The molecule has 0 amide bonds. The fraction of sp³-hybridized carbons (Fsp3) is 0.100. The van der Waals surface area contributed by atoms with E-state index in [1.165, 1.54) is 105 Å². The van der Waals surface area contributed by atoms with Gasteiger partial charge in [0.25, 0.3) is 6.71 Å². The van der Waals surface area contributed by atoms with E-state index in [-0.39, 0.29) is 6.71 Å². The van der Waals surface area contributed by atoms with Gasteiger partial charge in [0.05, 0.1) is 16.1 Å². The van der Waals surface area contributed by atoms with Gasteiger partial charge in [-0.05, 0) is 108 Å². The third-order valence-electron chi connectivity index (χ3n) is 13.5. The highest BCUT2D eigenvalue weighted by atomic mass is 28.3. The lowest BCUT2D eigenvalue weighted by atomic mass is 9.33. The number of anilines is 6. The predicted octanol–water partition coefficient (Wildman–Crippen LogP) is 13.5. The molecule has 0 aliphatic carbocycles. The van der Waals surface area contributed by atoms with Gasteiger partial charge in [-0.3, -0.25) is 0 Å². The molecule has 2 aliphatic heterocycles. The van der Waals surface area contributed by atoms with E-state index in [0.717, 1.165) is 0 Å². The Morgan fingerprint density at radius 2 is 0.631 bits per heavy atom. The molecule has 9 aromatic rings. The van der Waals surface area contributed by atoms with Crippen LogP contribution in [0.1, 0.15) is 0 Å². The zero-order valence-electron chi connectivity index (χ0n) is 38.2. The Balaban J connectivity index is 1.24. The first-order valence-electron chi connectivity index (χ1n) is 23.1. The molecule has 0 fully saturated rings. The molecule has 0 aromatic heterocycles. The van der Waals surface area contributed by atoms with E-state index in [9.17, 15) is 0 Å². The van der Waals surface area contributed by atoms with Crippen LogP contribution in [0.4, 0.5) is 34.1 Å². The van der Waals surface area contributed by atoms with E-state index in [1.54, 1.807) is 0 Å². The minimum atomic E-state index is -1.82. The van der Waals surface area contributed by atoms with Crippen molar-refractivity contribution in [1.29, 1.82) is 0 Å². The molecule has 0 saturated heterocycles. The first kappa shape index (κ1) is 40.8. The number of para-hydroxylation sites is 2. The molecule has 0 bridgehead atoms. The first-order chi connectivity index (χ1) is 31.6. The van der Waals surface area contributed by atoms with E-state index >= 15 is 0 Å². The van der Waals surface area contributed by atoms with Gasteiger partial charge in [-0.1, -0.05) is 215 Å². The summed E-state index contributed by atoms with van der Waals surface area (Å²) in [6.45, 7) is 14.8. The quantitative estimate of drug-likeness (QED) is 0.140.